The molecule has 0 radical (unpaired) electrons. The van der Waals surface area contributed by atoms with Crippen molar-refractivity contribution in [2.24, 2.45) is 0 Å². The van der Waals surface area contributed by atoms with E-state index in [1.165, 1.54) is 4.90 Å². The molecule has 2 heterocycles. The number of pyridine rings is 1. The lowest BCUT2D eigenvalue weighted by Crippen LogP contribution is -2.23. The van der Waals surface area contributed by atoms with Gasteiger partial charge in [-0.05, 0) is 37.3 Å². The Hall–Kier alpha value is -3.48. The smallest absolute Gasteiger partial charge is 0.277 e. The van der Waals surface area contributed by atoms with Gasteiger partial charge in [0.1, 0.15) is 11.5 Å². The molecule has 132 valence electrons. The van der Waals surface area contributed by atoms with Crippen molar-refractivity contribution in [1.82, 2.24) is 19.7 Å². The predicted octanol–water partition coefficient (Wildman–Crippen LogP) is 2.53. The molecule has 0 aliphatic rings. The molecule has 0 aliphatic heterocycles. The second kappa shape index (κ2) is 7.18. The standard InChI is InChI=1S/C19H19N5O2/c1-13-12-16(22-24(13)14-8-5-4-6-9-14)18(25)21-17-11-7-10-15(20-17)19(26)23(2)3/h4-12H,1-3H3,(H,20,21,25). The van der Waals surface area contributed by atoms with E-state index in [4.69, 9.17) is 0 Å². The third kappa shape index (κ3) is 3.61. The van der Waals surface area contributed by atoms with Crippen molar-refractivity contribution in [1.29, 1.82) is 0 Å². The van der Waals surface area contributed by atoms with Crippen molar-refractivity contribution in [3.8, 4) is 5.69 Å². The number of benzene rings is 1. The second-order valence-electron chi connectivity index (χ2n) is 5.98. The zero-order valence-corrected chi connectivity index (χ0v) is 14.8. The number of rotatable bonds is 4. The van der Waals surface area contributed by atoms with Crippen LogP contribution in [0, 0.1) is 6.92 Å². The molecule has 26 heavy (non-hydrogen) atoms. The van der Waals surface area contributed by atoms with E-state index in [0.717, 1.165) is 11.4 Å². The Balaban J connectivity index is 1.81. The number of carbonyl (C=O) groups is 2. The lowest BCUT2D eigenvalue weighted by atomic mass is 10.3. The lowest BCUT2D eigenvalue weighted by Gasteiger charge is -2.10. The van der Waals surface area contributed by atoms with Crippen molar-refractivity contribution in [2.75, 3.05) is 19.4 Å². The van der Waals surface area contributed by atoms with E-state index in [2.05, 4.69) is 15.4 Å². The van der Waals surface area contributed by atoms with E-state index in [9.17, 15) is 9.59 Å². The summed E-state index contributed by atoms with van der Waals surface area (Å²) in [5.41, 5.74) is 2.25. The fourth-order valence-electron chi connectivity index (χ4n) is 2.45. The first kappa shape index (κ1) is 17.3. The summed E-state index contributed by atoms with van der Waals surface area (Å²) in [6.45, 7) is 1.88. The zero-order valence-electron chi connectivity index (χ0n) is 14.8. The van der Waals surface area contributed by atoms with Crippen LogP contribution in [0.25, 0.3) is 5.69 Å². The number of para-hydroxylation sites is 1. The number of amides is 2. The molecule has 1 aromatic carbocycles. The highest BCUT2D eigenvalue weighted by molar-refractivity contribution is 6.02. The molecular formula is C19H19N5O2. The molecule has 2 amide bonds. The van der Waals surface area contributed by atoms with Gasteiger partial charge in [-0.2, -0.15) is 5.10 Å². The minimum Gasteiger partial charge on any atom is -0.343 e. The fourth-order valence-corrected chi connectivity index (χ4v) is 2.45. The lowest BCUT2D eigenvalue weighted by molar-refractivity contribution is 0.0821. The number of carbonyl (C=O) groups excluding carboxylic acids is 2. The molecule has 0 aliphatic carbocycles. The topological polar surface area (TPSA) is 80.1 Å². The van der Waals surface area contributed by atoms with E-state index < -0.39 is 0 Å². The monoisotopic (exact) mass is 349 g/mol. The minimum absolute atomic E-state index is 0.231. The summed E-state index contributed by atoms with van der Waals surface area (Å²) in [7, 11) is 3.29. The minimum atomic E-state index is -0.385. The molecule has 0 fully saturated rings. The van der Waals surface area contributed by atoms with Gasteiger partial charge in [-0.3, -0.25) is 9.59 Å². The summed E-state index contributed by atoms with van der Waals surface area (Å²) in [4.78, 5) is 30.1. The van der Waals surface area contributed by atoms with Gasteiger partial charge < -0.3 is 10.2 Å². The summed E-state index contributed by atoms with van der Waals surface area (Å²) in [6, 6.07) is 16.2. The molecule has 7 nitrogen and oxygen atoms in total. The van der Waals surface area contributed by atoms with E-state index in [1.807, 2.05) is 37.3 Å². The van der Waals surface area contributed by atoms with E-state index >= 15 is 0 Å². The Labute approximate surface area is 151 Å². The van der Waals surface area contributed by atoms with Crippen LogP contribution in [0.4, 0.5) is 5.82 Å². The van der Waals surface area contributed by atoms with E-state index in [1.54, 1.807) is 43.0 Å². The van der Waals surface area contributed by atoms with Crippen molar-refractivity contribution in [3.05, 3.63) is 71.7 Å². The summed E-state index contributed by atoms with van der Waals surface area (Å²) < 4.78 is 1.70. The van der Waals surface area contributed by atoms with E-state index in [0.29, 0.717) is 5.82 Å². The van der Waals surface area contributed by atoms with Gasteiger partial charge in [-0.1, -0.05) is 24.3 Å². The molecule has 1 N–H and O–H groups in total. The number of aryl methyl sites for hydroxylation is 1. The largest absolute Gasteiger partial charge is 0.343 e. The SMILES string of the molecule is Cc1cc(C(=O)Nc2cccc(C(=O)N(C)C)n2)nn1-c1ccccc1. The Morgan fingerprint density at radius 2 is 1.73 bits per heavy atom. The quantitative estimate of drug-likeness (QED) is 0.785. The highest BCUT2D eigenvalue weighted by atomic mass is 16.2. The average Bonchev–Trinajstić information content (AvgIpc) is 3.04. The fraction of sp³-hybridized carbons (Fsp3) is 0.158. The molecule has 0 spiro atoms. The van der Waals surface area contributed by atoms with Crippen molar-refractivity contribution < 1.29 is 9.59 Å². The van der Waals surface area contributed by atoms with Gasteiger partial charge in [0.15, 0.2) is 5.69 Å². The average molecular weight is 349 g/mol. The summed E-state index contributed by atoms with van der Waals surface area (Å²) in [5.74, 6) is -0.315. The van der Waals surface area contributed by atoms with Crippen molar-refractivity contribution >= 4 is 17.6 Å². The van der Waals surface area contributed by atoms with Gasteiger partial charge in [0, 0.05) is 19.8 Å². The zero-order chi connectivity index (χ0) is 18.7. The summed E-state index contributed by atoms with van der Waals surface area (Å²) in [6.07, 6.45) is 0. The number of anilines is 1. The molecule has 3 aromatic rings. The summed E-state index contributed by atoms with van der Waals surface area (Å²) >= 11 is 0. The maximum absolute atomic E-state index is 12.5. The first-order valence-corrected chi connectivity index (χ1v) is 8.08. The van der Waals surface area contributed by atoms with Crippen LogP contribution in [-0.2, 0) is 0 Å². The van der Waals surface area contributed by atoms with Crippen LogP contribution in [0.2, 0.25) is 0 Å². The molecule has 2 aromatic heterocycles. The maximum atomic E-state index is 12.5. The molecule has 0 bridgehead atoms. The van der Waals surface area contributed by atoms with Gasteiger partial charge in [-0.25, -0.2) is 9.67 Å². The Morgan fingerprint density at radius 3 is 2.42 bits per heavy atom. The Kier molecular flexibility index (Phi) is 4.79. The first-order chi connectivity index (χ1) is 12.5. The Bertz CT molecular complexity index is 948. The van der Waals surface area contributed by atoms with Gasteiger partial charge in [-0.15, -0.1) is 0 Å². The first-order valence-electron chi connectivity index (χ1n) is 8.08. The highest BCUT2D eigenvalue weighted by Crippen LogP contribution is 2.13. The van der Waals surface area contributed by atoms with Crippen LogP contribution >= 0.6 is 0 Å². The van der Waals surface area contributed by atoms with Gasteiger partial charge in [0.25, 0.3) is 11.8 Å². The van der Waals surface area contributed by atoms with Gasteiger partial charge >= 0.3 is 0 Å². The molecule has 3 rings (SSSR count). The number of nitrogens with zero attached hydrogens (tertiary/aromatic N) is 4. The molecule has 7 heteroatoms. The number of hydrogen-bond acceptors (Lipinski definition) is 4. The van der Waals surface area contributed by atoms with Gasteiger partial charge in [0.2, 0.25) is 0 Å². The molecule has 0 unspecified atom stereocenters. The third-order valence-electron chi connectivity index (χ3n) is 3.74. The van der Waals surface area contributed by atoms with Crippen molar-refractivity contribution in [3.63, 3.8) is 0 Å². The normalized spacial score (nSPS) is 10.4. The molecule has 0 saturated carbocycles. The molecule has 0 saturated heterocycles. The van der Waals surface area contributed by atoms with Crippen LogP contribution in [0.5, 0.6) is 0 Å². The number of hydrogen-bond donors (Lipinski definition) is 1. The van der Waals surface area contributed by atoms with Crippen LogP contribution in [0.15, 0.2) is 54.6 Å². The van der Waals surface area contributed by atoms with Crippen LogP contribution < -0.4 is 5.32 Å². The summed E-state index contributed by atoms with van der Waals surface area (Å²) in [5, 5.41) is 7.05. The third-order valence-corrected chi connectivity index (χ3v) is 3.74. The van der Waals surface area contributed by atoms with Crippen LogP contribution in [0.3, 0.4) is 0 Å². The second-order valence-corrected chi connectivity index (χ2v) is 5.98. The van der Waals surface area contributed by atoms with Crippen LogP contribution in [0.1, 0.15) is 26.7 Å². The molecular weight excluding hydrogens is 330 g/mol. The van der Waals surface area contributed by atoms with Crippen LogP contribution in [-0.4, -0.2) is 45.6 Å². The van der Waals surface area contributed by atoms with Crippen molar-refractivity contribution in [2.45, 2.75) is 6.92 Å². The highest BCUT2D eigenvalue weighted by Gasteiger charge is 2.15. The number of aromatic nitrogens is 3. The van der Waals surface area contributed by atoms with E-state index in [-0.39, 0.29) is 23.2 Å². The molecule has 0 atom stereocenters. The number of nitrogens with one attached hydrogen (secondary N) is 1. The predicted molar refractivity (Wildman–Crippen MR) is 98.5 cm³/mol. The Morgan fingerprint density at radius 1 is 1.00 bits per heavy atom. The van der Waals surface area contributed by atoms with Gasteiger partial charge in [0.05, 0.1) is 5.69 Å². The maximum Gasteiger partial charge on any atom is 0.277 e.